The Morgan fingerprint density at radius 2 is 2.00 bits per heavy atom. The smallest absolute Gasteiger partial charge is 0.303 e. The Morgan fingerprint density at radius 3 is 2.69 bits per heavy atom. The third-order valence-electron chi connectivity index (χ3n) is 5.97. The SMILES string of the molecule is NC12CCC(C1)C(S(=O)(=O)c1ccccc1)C2CC=CCCCC(=O)O. The van der Waals surface area contributed by atoms with Crippen LogP contribution in [-0.4, -0.2) is 30.3 Å². The lowest BCUT2D eigenvalue weighted by molar-refractivity contribution is -0.137. The molecule has 3 N–H and O–H groups in total. The summed E-state index contributed by atoms with van der Waals surface area (Å²) in [5, 5.41) is 8.25. The van der Waals surface area contributed by atoms with Crippen molar-refractivity contribution < 1.29 is 18.3 Å². The van der Waals surface area contributed by atoms with E-state index in [1.54, 1.807) is 24.3 Å². The normalized spacial score (nSPS) is 30.9. The zero-order chi connectivity index (χ0) is 18.8. The number of fused-ring (bicyclic) bond motifs is 2. The lowest BCUT2D eigenvalue weighted by atomic mass is 9.80. The molecule has 4 atom stereocenters. The predicted molar refractivity (Wildman–Crippen MR) is 100 cm³/mol. The summed E-state index contributed by atoms with van der Waals surface area (Å²) >= 11 is 0. The van der Waals surface area contributed by atoms with Crippen LogP contribution in [0.15, 0.2) is 47.4 Å². The van der Waals surface area contributed by atoms with Gasteiger partial charge in [0.25, 0.3) is 0 Å². The molecule has 6 heteroatoms. The summed E-state index contributed by atoms with van der Waals surface area (Å²) in [6.45, 7) is 0. The molecule has 26 heavy (non-hydrogen) atoms. The molecule has 0 saturated heterocycles. The Balaban J connectivity index is 1.74. The van der Waals surface area contributed by atoms with Crippen LogP contribution in [0.25, 0.3) is 0 Å². The first-order valence-corrected chi connectivity index (χ1v) is 10.8. The number of carbonyl (C=O) groups is 1. The molecule has 0 spiro atoms. The molecule has 2 bridgehead atoms. The molecular formula is C20H27NO4S. The Morgan fingerprint density at radius 1 is 1.27 bits per heavy atom. The number of sulfone groups is 1. The van der Waals surface area contributed by atoms with Gasteiger partial charge in [-0.05, 0) is 62.5 Å². The highest BCUT2D eigenvalue weighted by Crippen LogP contribution is 2.54. The van der Waals surface area contributed by atoms with Gasteiger partial charge in [-0.15, -0.1) is 0 Å². The highest BCUT2D eigenvalue weighted by atomic mass is 32.2. The second-order valence-corrected chi connectivity index (χ2v) is 9.76. The molecule has 4 unspecified atom stereocenters. The van der Waals surface area contributed by atoms with Crippen LogP contribution in [0.1, 0.15) is 44.9 Å². The van der Waals surface area contributed by atoms with E-state index in [2.05, 4.69) is 0 Å². The van der Waals surface area contributed by atoms with Crippen molar-refractivity contribution >= 4 is 15.8 Å². The summed E-state index contributed by atoms with van der Waals surface area (Å²) in [5.41, 5.74) is 6.21. The van der Waals surface area contributed by atoms with Crippen LogP contribution in [0.5, 0.6) is 0 Å². The van der Waals surface area contributed by atoms with Gasteiger partial charge in [0, 0.05) is 12.0 Å². The summed E-state index contributed by atoms with van der Waals surface area (Å²) < 4.78 is 26.5. The standard InChI is InChI=1S/C20H27NO4S/c21-20-13-12-15(14-20)19(26(24,25)16-8-4-3-5-9-16)17(20)10-6-1-2-7-11-18(22)23/h1,3-6,8-9,15,17,19H,2,7,10-14,21H2,(H,22,23). The molecule has 0 amide bonds. The fraction of sp³-hybridized carbons (Fsp3) is 0.550. The molecule has 0 aromatic heterocycles. The molecule has 1 aromatic carbocycles. The first kappa shape index (κ1) is 19.1. The van der Waals surface area contributed by atoms with Crippen LogP contribution >= 0.6 is 0 Å². The van der Waals surface area contributed by atoms with Gasteiger partial charge in [0.1, 0.15) is 0 Å². The van der Waals surface area contributed by atoms with Crippen LogP contribution in [0.3, 0.4) is 0 Å². The van der Waals surface area contributed by atoms with E-state index in [1.165, 1.54) is 0 Å². The third-order valence-corrected chi connectivity index (χ3v) is 8.33. The van der Waals surface area contributed by atoms with Crippen molar-refractivity contribution in [2.24, 2.45) is 17.6 Å². The van der Waals surface area contributed by atoms with E-state index in [0.29, 0.717) is 24.2 Å². The van der Waals surface area contributed by atoms with Crippen LogP contribution in [0.4, 0.5) is 0 Å². The van der Waals surface area contributed by atoms with Crippen molar-refractivity contribution in [2.45, 2.75) is 60.6 Å². The van der Waals surface area contributed by atoms with Gasteiger partial charge in [-0.3, -0.25) is 4.79 Å². The number of nitrogens with two attached hydrogens (primary N) is 1. The topological polar surface area (TPSA) is 97.5 Å². The quantitative estimate of drug-likeness (QED) is 0.536. The van der Waals surface area contributed by atoms with E-state index in [-0.39, 0.29) is 18.3 Å². The number of carboxylic acid groups (broad SMARTS) is 1. The average molecular weight is 378 g/mol. The molecule has 0 heterocycles. The fourth-order valence-corrected chi connectivity index (χ4v) is 7.16. The Hall–Kier alpha value is -1.66. The third kappa shape index (κ3) is 3.71. The van der Waals surface area contributed by atoms with Gasteiger partial charge in [0.2, 0.25) is 0 Å². The van der Waals surface area contributed by atoms with Gasteiger partial charge in [0.15, 0.2) is 9.84 Å². The molecule has 0 aliphatic heterocycles. The van der Waals surface area contributed by atoms with E-state index < -0.39 is 26.6 Å². The van der Waals surface area contributed by atoms with Crippen molar-refractivity contribution in [1.29, 1.82) is 0 Å². The van der Waals surface area contributed by atoms with E-state index >= 15 is 0 Å². The molecule has 2 fully saturated rings. The summed E-state index contributed by atoms with van der Waals surface area (Å²) in [4.78, 5) is 10.9. The number of benzene rings is 1. The van der Waals surface area contributed by atoms with Crippen molar-refractivity contribution in [2.75, 3.05) is 0 Å². The summed E-state index contributed by atoms with van der Waals surface area (Å²) in [7, 11) is -3.41. The van der Waals surface area contributed by atoms with E-state index in [1.807, 2.05) is 18.2 Å². The maximum absolute atomic E-state index is 13.2. The van der Waals surface area contributed by atoms with Crippen LogP contribution in [-0.2, 0) is 14.6 Å². The number of hydrogen-bond acceptors (Lipinski definition) is 4. The number of allylic oxidation sites excluding steroid dienone is 2. The number of rotatable bonds is 8. The van der Waals surface area contributed by atoms with Gasteiger partial charge in [-0.25, -0.2) is 8.42 Å². The number of aliphatic carboxylic acids is 1. The molecule has 3 rings (SSSR count). The lowest BCUT2D eigenvalue weighted by Gasteiger charge is -2.36. The number of unbranched alkanes of at least 4 members (excludes halogenated alkanes) is 1. The van der Waals surface area contributed by atoms with E-state index in [4.69, 9.17) is 10.8 Å². The number of hydrogen-bond donors (Lipinski definition) is 2. The van der Waals surface area contributed by atoms with Crippen molar-refractivity contribution in [3.05, 3.63) is 42.5 Å². The molecule has 0 radical (unpaired) electrons. The van der Waals surface area contributed by atoms with Crippen molar-refractivity contribution in [3.8, 4) is 0 Å². The zero-order valence-corrected chi connectivity index (χ0v) is 15.7. The fourth-order valence-electron chi connectivity index (χ4n) is 4.76. The van der Waals surface area contributed by atoms with Crippen molar-refractivity contribution in [3.63, 3.8) is 0 Å². The molecular weight excluding hydrogens is 350 g/mol. The van der Waals surface area contributed by atoms with E-state index in [0.717, 1.165) is 19.3 Å². The summed E-state index contributed by atoms with van der Waals surface area (Å²) in [5.74, 6) is -0.737. The largest absolute Gasteiger partial charge is 0.481 e. The highest BCUT2D eigenvalue weighted by Gasteiger charge is 2.59. The molecule has 1 aromatic rings. The predicted octanol–water partition coefficient (Wildman–Crippen LogP) is 3.16. The monoisotopic (exact) mass is 377 g/mol. The summed E-state index contributed by atoms with van der Waals surface area (Å²) in [6.07, 6.45) is 8.58. The van der Waals surface area contributed by atoms with Crippen LogP contribution < -0.4 is 5.73 Å². The second kappa shape index (κ2) is 7.53. The zero-order valence-electron chi connectivity index (χ0n) is 14.9. The molecule has 5 nitrogen and oxygen atoms in total. The molecule has 142 valence electrons. The van der Waals surface area contributed by atoms with Gasteiger partial charge < -0.3 is 10.8 Å². The van der Waals surface area contributed by atoms with E-state index in [9.17, 15) is 13.2 Å². The molecule has 2 saturated carbocycles. The van der Waals surface area contributed by atoms with Crippen LogP contribution in [0, 0.1) is 11.8 Å². The molecule has 2 aliphatic rings. The Bertz CT molecular complexity index is 774. The maximum atomic E-state index is 13.2. The van der Waals surface area contributed by atoms with Crippen LogP contribution in [0.2, 0.25) is 0 Å². The number of carboxylic acids is 1. The summed E-state index contributed by atoms with van der Waals surface area (Å²) in [6, 6.07) is 8.68. The Labute approximate surface area is 155 Å². The Kier molecular flexibility index (Phi) is 5.53. The first-order valence-electron chi connectivity index (χ1n) is 9.29. The molecule has 2 aliphatic carbocycles. The van der Waals surface area contributed by atoms with Gasteiger partial charge in [-0.1, -0.05) is 30.4 Å². The minimum Gasteiger partial charge on any atom is -0.481 e. The maximum Gasteiger partial charge on any atom is 0.303 e. The van der Waals surface area contributed by atoms with Gasteiger partial charge >= 0.3 is 5.97 Å². The van der Waals surface area contributed by atoms with Gasteiger partial charge in [0.05, 0.1) is 10.1 Å². The second-order valence-electron chi connectivity index (χ2n) is 7.66. The lowest BCUT2D eigenvalue weighted by Crippen LogP contribution is -2.48. The highest BCUT2D eigenvalue weighted by molar-refractivity contribution is 7.92. The first-order chi connectivity index (χ1) is 12.3. The minimum atomic E-state index is -3.41. The minimum absolute atomic E-state index is 0.0813. The average Bonchev–Trinajstić information content (AvgIpc) is 3.12. The van der Waals surface area contributed by atoms with Crippen molar-refractivity contribution in [1.82, 2.24) is 0 Å². The van der Waals surface area contributed by atoms with Gasteiger partial charge in [-0.2, -0.15) is 0 Å².